The molecule has 0 aromatic heterocycles. The van der Waals surface area contributed by atoms with Crippen LogP contribution in [0.4, 0.5) is 5.69 Å². The standard InChI is InChI=1S/C31H33N2OP/c1-23-20-24-22-33(5)28-18-12-13-19-29(28)35(25-14-8-6-9-15-25,26-16-10-7-11-17-26)32-34-30(24)27(21-23)31(2,3)4/h6-22,32H,1-5H3/q+2. The normalized spacial score (nSPS) is 14.9. The molecule has 1 N–H and O–H groups in total. The molecule has 35 heavy (non-hydrogen) atoms. The third-order valence-electron chi connectivity index (χ3n) is 6.60. The van der Waals surface area contributed by atoms with Gasteiger partial charge < -0.3 is 4.84 Å². The molecule has 1 aliphatic rings. The number of nitrogens with zero attached hydrogens (tertiary/aromatic N) is 1. The second-order valence-electron chi connectivity index (χ2n) is 10.2. The molecule has 176 valence electrons. The van der Waals surface area contributed by atoms with E-state index >= 15 is 0 Å². The zero-order valence-electron chi connectivity index (χ0n) is 21.1. The van der Waals surface area contributed by atoms with Gasteiger partial charge in [0.1, 0.15) is 17.7 Å². The number of benzene rings is 4. The van der Waals surface area contributed by atoms with Crippen molar-refractivity contribution in [2.45, 2.75) is 33.1 Å². The summed E-state index contributed by atoms with van der Waals surface area (Å²) in [5.41, 5.74) is 4.57. The van der Waals surface area contributed by atoms with E-state index in [0.717, 1.165) is 17.0 Å². The van der Waals surface area contributed by atoms with Gasteiger partial charge in [0, 0.05) is 11.6 Å². The minimum atomic E-state index is -2.39. The fourth-order valence-corrected chi connectivity index (χ4v) is 8.41. The van der Waals surface area contributed by atoms with E-state index in [1.54, 1.807) is 0 Å². The molecular formula is C31H33N2OP+2. The largest absolute Gasteiger partial charge is 0.374 e. The third-order valence-corrected chi connectivity index (χ3v) is 10.2. The lowest BCUT2D eigenvalue weighted by atomic mass is 9.84. The van der Waals surface area contributed by atoms with Crippen LogP contribution < -0.4 is 26.0 Å². The molecule has 5 rings (SSSR count). The molecule has 1 aliphatic heterocycles. The molecule has 0 bridgehead atoms. The Bertz CT molecular complexity index is 1350. The Hall–Kier alpha value is -3.26. The molecule has 0 atom stereocenters. The van der Waals surface area contributed by atoms with E-state index in [4.69, 9.17) is 4.84 Å². The van der Waals surface area contributed by atoms with Crippen molar-refractivity contribution in [2.75, 3.05) is 7.05 Å². The van der Waals surface area contributed by atoms with Gasteiger partial charge in [-0.25, -0.2) is 0 Å². The summed E-state index contributed by atoms with van der Waals surface area (Å²) in [6.07, 6.45) is 2.20. The van der Waals surface area contributed by atoms with Crippen LogP contribution in [0.3, 0.4) is 0 Å². The lowest BCUT2D eigenvalue weighted by Gasteiger charge is -2.28. The number of hydrogen-bond acceptors (Lipinski definition) is 2. The average molecular weight is 481 g/mol. The van der Waals surface area contributed by atoms with E-state index in [9.17, 15) is 0 Å². The highest BCUT2D eigenvalue weighted by Crippen LogP contribution is 2.54. The van der Waals surface area contributed by atoms with Gasteiger partial charge in [0.15, 0.2) is 17.3 Å². The SMILES string of the molecule is Cc1cc2c(c(C(C)(C)C)c1)ON[P+](c1ccccc1)(c1ccccc1)c1ccccc1[N+](C)=C2. The first kappa shape index (κ1) is 23.5. The quantitative estimate of drug-likeness (QED) is 0.290. The lowest BCUT2D eigenvalue weighted by Crippen LogP contribution is -2.42. The number of hydrogen-bond donors (Lipinski definition) is 1. The van der Waals surface area contributed by atoms with Crippen molar-refractivity contribution in [3.63, 3.8) is 0 Å². The van der Waals surface area contributed by atoms with Gasteiger partial charge in [0.05, 0.1) is 5.56 Å². The van der Waals surface area contributed by atoms with E-state index < -0.39 is 7.41 Å². The summed E-state index contributed by atoms with van der Waals surface area (Å²) >= 11 is 0. The molecule has 0 fully saturated rings. The fourth-order valence-electron chi connectivity index (χ4n) is 4.89. The van der Waals surface area contributed by atoms with Crippen molar-refractivity contribution in [3.8, 4) is 5.75 Å². The van der Waals surface area contributed by atoms with Crippen LogP contribution >= 0.6 is 7.41 Å². The van der Waals surface area contributed by atoms with Crippen LogP contribution in [-0.2, 0) is 5.41 Å². The highest BCUT2D eigenvalue weighted by molar-refractivity contribution is 7.94. The number of para-hydroxylation sites is 1. The zero-order chi connectivity index (χ0) is 24.6. The molecule has 0 amide bonds. The summed E-state index contributed by atoms with van der Waals surface area (Å²) in [6.45, 7) is 8.89. The Morgan fingerprint density at radius 2 is 1.34 bits per heavy atom. The van der Waals surface area contributed by atoms with Gasteiger partial charge in [0.2, 0.25) is 13.1 Å². The molecule has 3 nitrogen and oxygen atoms in total. The van der Waals surface area contributed by atoms with Gasteiger partial charge in [0.25, 0.3) is 0 Å². The molecule has 4 aromatic rings. The predicted molar refractivity (Wildman–Crippen MR) is 150 cm³/mol. The Morgan fingerprint density at radius 1 is 0.771 bits per heavy atom. The van der Waals surface area contributed by atoms with Crippen molar-refractivity contribution in [2.24, 2.45) is 0 Å². The van der Waals surface area contributed by atoms with Crippen LogP contribution in [0.15, 0.2) is 97.1 Å². The number of rotatable bonds is 2. The predicted octanol–water partition coefficient (Wildman–Crippen LogP) is 5.79. The summed E-state index contributed by atoms with van der Waals surface area (Å²) in [4.78, 5) is 6.79. The number of fused-ring (bicyclic) bond motifs is 2. The first-order chi connectivity index (χ1) is 16.8. The highest BCUT2D eigenvalue weighted by Gasteiger charge is 2.52. The topological polar surface area (TPSA) is 24.3 Å². The van der Waals surface area contributed by atoms with Crippen LogP contribution in [0.1, 0.15) is 37.5 Å². The molecule has 0 aliphatic carbocycles. The molecule has 4 aromatic carbocycles. The summed E-state index contributed by atoms with van der Waals surface area (Å²) < 4.78 is 2.25. The second-order valence-corrected chi connectivity index (χ2v) is 13.3. The van der Waals surface area contributed by atoms with E-state index in [1.807, 2.05) is 0 Å². The van der Waals surface area contributed by atoms with Crippen LogP contribution in [-0.4, -0.2) is 17.8 Å². The third kappa shape index (κ3) is 4.20. The van der Waals surface area contributed by atoms with Crippen LogP contribution in [0.2, 0.25) is 0 Å². The van der Waals surface area contributed by atoms with Crippen LogP contribution in [0, 0.1) is 6.92 Å². The van der Waals surface area contributed by atoms with Gasteiger partial charge in [-0.3, -0.25) is 0 Å². The van der Waals surface area contributed by atoms with Gasteiger partial charge >= 0.3 is 0 Å². The van der Waals surface area contributed by atoms with Gasteiger partial charge in [-0.15, -0.1) is 0 Å². The van der Waals surface area contributed by atoms with E-state index in [1.165, 1.54) is 27.0 Å². The maximum atomic E-state index is 6.79. The zero-order valence-corrected chi connectivity index (χ0v) is 22.0. The Kier molecular flexibility index (Phi) is 6.09. The Balaban J connectivity index is 1.88. The first-order valence-corrected chi connectivity index (χ1v) is 13.9. The number of nitrogens with one attached hydrogen (secondary N) is 1. The van der Waals surface area contributed by atoms with Crippen LogP contribution in [0.5, 0.6) is 5.75 Å². The van der Waals surface area contributed by atoms with Crippen molar-refractivity contribution < 1.29 is 9.41 Å². The minimum Gasteiger partial charge on any atom is -0.374 e. The molecule has 0 saturated carbocycles. The molecule has 0 unspecified atom stereocenters. The highest BCUT2D eigenvalue weighted by atomic mass is 31.2. The van der Waals surface area contributed by atoms with Crippen molar-refractivity contribution in [1.82, 2.24) is 5.25 Å². The summed E-state index contributed by atoms with van der Waals surface area (Å²) in [7, 11) is -0.258. The van der Waals surface area contributed by atoms with Crippen molar-refractivity contribution >= 4 is 35.2 Å². The Labute approximate surface area is 209 Å². The molecule has 4 heteroatoms. The smallest absolute Gasteiger partial charge is 0.250 e. The lowest BCUT2D eigenvalue weighted by molar-refractivity contribution is -0.397. The fraction of sp³-hybridized carbons (Fsp3) is 0.194. The minimum absolute atomic E-state index is 0.0777. The molecule has 0 spiro atoms. The van der Waals surface area contributed by atoms with Gasteiger partial charge in [-0.1, -0.05) is 75.4 Å². The summed E-state index contributed by atoms with van der Waals surface area (Å²) in [6, 6.07) is 34.6. The monoisotopic (exact) mass is 480 g/mol. The van der Waals surface area contributed by atoms with E-state index in [-0.39, 0.29) is 5.41 Å². The van der Waals surface area contributed by atoms with Crippen molar-refractivity contribution in [1.29, 1.82) is 0 Å². The number of aryl methyl sites for hydroxylation is 1. The summed E-state index contributed by atoms with van der Waals surface area (Å²) in [5.74, 6) is 0.888. The molecule has 0 saturated heterocycles. The maximum Gasteiger partial charge on any atom is 0.250 e. The first-order valence-electron chi connectivity index (χ1n) is 12.1. The van der Waals surface area contributed by atoms with Gasteiger partial charge in [-0.2, -0.15) is 4.58 Å². The van der Waals surface area contributed by atoms with E-state index in [0.29, 0.717) is 0 Å². The Morgan fingerprint density at radius 3 is 1.94 bits per heavy atom. The molecule has 0 radical (unpaired) electrons. The van der Waals surface area contributed by atoms with Crippen molar-refractivity contribution in [3.05, 3.63) is 114 Å². The summed E-state index contributed by atoms with van der Waals surface area (Å²) in [5, 5.41) is 7.42. The van der Waals surface area contributed by atoms with Crippen LogP contribution in [0.25, 0.3) is 0 Å². The van der Waals surface area contributed by atoms with E-state index in [2.05, 4.69) is 148 Å². The average Bonchev–Trinajstić information content (AvgIpc) is 2.90. The molecule has 1 heterocycles. The maximum absolute atomic E-state index is 6.79. The molecular weight excluding hydrogens is 447 g/mol. The second kappa shape index (κ2) is 9.07. The van der Waals surface area contributed by atoms with Gasteiger partial charge in [-0.05, 0) is 59.6 Å².